The quantitative estimate of drug-likeness (QED) is 0.693. The van der Waals surface area contributed by atoms with Gasteiger partial charge in [-0.25, -0.2) is 4.68 Å². The van der Waals surface area contributed by atoms with Crippen LogP contribution in [-0.2, 0) is 0 Å². The Labute approximate surface area is 143 Å². The third-order valence-corrected chi connectivity index (χ3v) is 4.07. The van der Waals surface area contributed by atoms with Crippen LogP contribution in [0.15, 0.2) is 65.3 Å². The summed E-state index contributed by atoms with van der Waals surface area (Å²) in [6.45, 7) is 2.00. The number of aryl methyl sites for hydroxylation is 1. The Hall–Kier alpha value is -2.40. The first-order chi connectivity index (χ1) is 11.0. The van der Waals surface area contributed by atoms with Crippen molar-refractivity contribution in [1.29, 1.82) is 0 Å². The van der Waals surface area contributed by atoms with Crippen LogP contribution in [0.2, 0.25) is 0 Å². The number of amides is 1. The van der Waals surface area contributed by atoms with Crippen molar-refractivity contribution in [3.63, 3.8) is 0 Å². The van der Waals surface area contributed by atoms with Crippen molar-refractivity contribution in [2.75, 3.05) is 11.9 Å². The molecule has 2 aromatic carbocycles. The molecule has 0 spiro atoms. The highest BCUT2D eigenvalue weighted by molar-refractivity contribution is 9.10. The number of carbonyl (C=O) groups is 1. The molecule has 1 heterocycles. The SMILES string of the molecule is Cc1cccc(N(C)C(=O)c2ccn(-c3cccc(Br)c3)n2)c1. The van der Waals surface area contributed by atoms with Gasteiger partial charge in [0.05, 0.1) is 5.69 Å². The van der Waals surface area contributed by atoms with Gasteiger partial charge in [0.2, 0.25) is 0 Å². The molecule has 4 nitrogen and oxygen atoms in total. The average Bonchev–Trinajstić information content (AvgIpc) is 3.03. The summed E-state index contributed by atoms with van der Waals surface area (Å²) in [5.74, 6) is -0.135. The second kappa shape index (κ2) is 6.38. The van der Waals surface area contributed by atoms with Gasteiger partial charge in [0, 0.05) is 23.4 Å². The molecule has 0 aliphatic carbocycles. The topological polar surface area (TPSA) is 38.1 Å². The third kappa shape index (κ3) is 3.35. The number of aromatic nitrogens is 2. The summed E-state index contributed by atoms with van der Waals surface area (Å²) in [7, 11) is 1.76. The summed E-state index contributed by atoms with van der Waals surface area (Å²) in [6, 6.07) is 17.3. The van der Waals surface area contributed by atoms with E-state index in [1.807, 2.05) is 55.5 Å². The Bertz CT molecular complexity index is 857. The molecule has 3 aromatic rings. The van der Waals surface area contributed by atoms with Crippen LogP contribution in [-0.4, -0.2) is 22.7 Å². The largest absolute Gasteiger partial charge is 0.310 e. The summed E-state index contributed by atoms with van der Waals surface area (Å²) >= 11 is 3.44. The van der Waals surface area contributed by atoms with Gasteiger partial charge in [-0.05, 0) is 48.9 Å². The molecule has 0 unspecified atom stereocenters. The molecule has 0 atom stereocenters. The van der Waals surface area contributed by atoms with Crippen molar-refractivity contribution in [2.45, 2.75) is 6.92 Å². The fourth-order valence-electron chi connectivity index (χ4n) is 2.33. The molecule has 0 aliphatic rings. The molecule has 0 radical (unpaired) electrons. The fraction of sp³-hybridized carbons (Fsp3) is 0.111. The van der Waals surface area contributed by atoms with Gasteiger partial charge in [-0.3, -0.25) is 4.79 Å². The zero-order valence-electron chi connectivity index (χ0n) is 12.9. The lowest BCUT2D eigenvalue weighted by Gasteiger charge is -2.16. The highest BCUT2D eigenvalue weighted by Gasteiger charge is 2.16. The highest BCUT2D eigenvalue weighted by atomic mass is 79.9. The molecular weight excluding hydrogens is 354 g/mol. The number of rotatable bonds is 3. The highest BCUT2D eigenvalue weighted by Crippen LogP contribution is 2.18. The minimum atomic E-state index is -0.135. The third-order valence-electron chi connectivity index (χ3n) is 3.57. The maximum Gasteiger partial charge on any atom is 0.278 e. The maximum atomic E-state index is 12.6. The van der Waals surface area contributed by atoms with Gasteiger partial charge >= 0.3 is 0 Å². The van der Waals surface area contributed by atoms with Crippen LogP contribution in [0.3, 0.4) is 0 Å². The second-order valence-electron chi connectivity index (χ2n) is 5.33. The molecule has 1 amide bonds. The number of nitrogens with zero attached hydrogens (tertiary/aromatic N) is 3. The van der Waals surface area contributed by atoms with E-state index in [4.69, 9.17) is 0 Å². The molecule has 116 valence electrons. The van der Waals surface area contributed by atoms with Crippen LogP contribution in [0.5, 0.6) is 0 Å². The molecule has 0 bridgehead atoms. The van der Waals surface area contributed by atoms with Crippen molar-refractivity contribution in [1.82, 2.24) is 9.78 Å². The first-order valence-electron chi connectivity index (χ1n) is 7.21. The molecule has 0 saturated carbocycles. The fourth-order valence-corrected chi connectivity index (χ4v) is 2.71. The van der Waals surface area contributed by atoms with Gasteiger partial charge in [-0.15, -0.1) is 0 Å². The van der Waals surface area contributed by atoms with Gasteiger partial charge < -0.3 is 4.90 Å². The van der Waals surface area contributed by atoms with Gasteiger partial charge in [0.25, 0.3) is 5.91 Å². The Morgan fingerprint density at radius 3 is 2.65 bits per heavy atom. The molecular formula is C18H16BrN3O. The summed E-state index contributed by atoms with van der Waals surface area (Å²) in [5.41, 5.74) is 3.28. The first kappa shape index (κ1) is 15.5. The Balaban J connectivity index is 1.86. The molecule has 0 fully saturated rings. The van der Waals surface area contributed by atoms with E-state index >= 15 is 0 Å². The Morgan fingerprint density at radius 2 is 1.91 bits per heavy atom. The van der Waals surface area contributed by atoms with Crippen molar-refractivity contribution in [2.24, 2.45) is 0 Å². The van der Waals surface area contributed by atoms with Crippen LogP contribution in [0.25, 0.3) is 5.69 Å². The van der Waals surface area contributed by atoms with Crippen molar-refractivity contribution >= 4 is 27.5 Å². The van der Waals surface area contributed by atoms with Crippen LogP contribution in [0, 0.1) is 6.92 Å². The van der Waals surface area contributed by atoms with Crippen molar-refractivity contribution in [3.05, 3.63) is 76.5 Å². The predicted molar refractivity (Wildman–Crippen MR) is 95.2 cm³/mol. The van der Waals surface area contributed by atoms with Crippen LogP contribution < -0.4 is 4.90 Å². The van der Waals surface area contributed by atoms with Crippen LogP contribution >= 0.6 is 15.9 Å². The van der Waals surface area contributed by atoms with Gasteiger partial charge in [0.1, 0.15) is 0 Å². The minimum Gasteiger partial charge on any atom is -0.310 e. The molecule has 0 saturated heterocycles. The molecule has 0 N–H and O–H groups in total. The number of carbonyl (C=O) groups excluding carboxylic acids is 1. The number of halogens is 1. The molecule has 3 rings (SSSR count). The van der Waals surface area contributed by atoms with E-state index in [1.165, 1.54) is 0 Å². The monoisotopic (exact) mass is 369 g/mol. The van der Waals surface area contributed by atoms with Crippen molar-refractivity contribution in [3.8, 4) is 5.69 Å². The minimum absolute atomic E-state index is 0.135. The van der Waals surface area contributed by atoms with Gasteiger partial charge in [-0.1, -0.05) is 34.1 Å². The normalized spacial score (nSPS) is 10.6. The van der Waals surface area contributed by atoms with E-state index < -0.39 is 0 Å². The van der Waals surface area contributed by atoms with Crippen molar-refractivity contribution < 1.29 is 4.79 Å². The number of anilines is 1. The zero-order chi connectivity index (χ0) is 16.4. The zero-order valence-corrected chi connectivity index (χ0v) is 14.5. The second-order valence-corrected chi connectivity index (χ2v) is 6.24. The van der Waals surface area contributed by atoms with E-state index in [-0.39, 0.29) is 5.91 Å². The van der Waals surface area contributed by atoms with Crippen LogP contribution in [0.4, 0.5) is 5.69 Å². The maximum absolute atomic E-state index is 12.6. The van der Waals surface area contributed by atoms with E-state index in [9.17, 15) is 4.79 Å². The summed E-state index contributed by atoms with van der Waals surface area (Å²) < 4.78 is 2.66. The lowest BCUT2D eigenvalue weighted by molar-refractivity contribution is 0.0988. The first-order valence-corrected chi connectivity index (χ1v) is 8.00. The van der Waals surface area contributed by atoms with E-state index in [0.29, 0.717) is 5.69 Å². The Morgan fingerprint density at radius 1 is 1.13 bits per heavy atom. The number of hydrogen-bond acceptors (Lipinski definition) is 2. The lowest BCUT2D eigenvalue weighted by atomic mass is 10.2. The Kier molecular flexibility index (Phi) is 4.30. The van der Waals surface area contributed by atoms with Gasteiger partial charge in [0.15, 0.2) is 5.69 Å². The average molecular weight is 370 g/mol. The smallest absolute Gasteiger partial charge is 0.278 e. The van der Waals surface area contributed by atoms with Crippen LogP contribution in [0.1, 0.15) is 16.1 Å². The molecule has 0 aliphatic heterocycles. The lowest BCUT2D eigenvalue weighted by Crippen LogP contribution is -2.26. The molecule has 23 heavy (non-hydrogen) atoms. The van der Waals surface area contributed by atoms with E-state index in [1.54, 1.807) is 28.9 Å². The predicted octanol–water partition coefficient (Wildman–Crippen LogP) is 4.22. The molecule has 1 aromatic heterocycles. The number of benzene rings is 2. The standard InChI is InChI=1S/C18H16BrN3O/c1-13-5-3-7-15(11-13)21(2)18(23)17-9-10-22(20-17)16-8-4-6-14(19)12-16/h3-12H,1-2H3. The van der Waals surface area contributed by atoms with E-state index in [0.717, 1.165) is 21.4 Å². The summed E-state index contributed by atoms with van der Waals surface area (Å²) in [4.78, 5) is 14.2. The molecule has 5 heteroatoms. The van der Waals surface area contributed by atoms with Gasteiger partial charge in [-0.2, -0.15) is 5.10 Å². The summed E-state index contributed by atoms with van der Waals surface area (Å²) in [6.07, 6.45) is 1.79. The van der Waals surface area contributed by atoms with E-state index in [2.05, 4.69) is 21.0 Å². The number of hydrogen-bond donors (Lipinski definition) is 0. The summed E-state index contributed by atoms with van der Waals surface area (Å²) in [5, 5.41) is 4.40.